The van der Waals surface area contributed by atoms with E-state index in [4.69, 9.17) is 14.3 Å². The molecule has 13 heteroatoms. The van der Waals surface area contributed by atoms with Crippen LogP contribution in [0.4, 0.5) is 0 Å². The molecule has 0 radical (unpaired) electrons. The van der Waals surface area contributed by atoms with Gasteiger partial charge in [-0.05, 0) is 0 Å². The van der Waals surface area contributed by atoms with E-state index in [0.717, 1.165) is 0 Å². The predicted molar refractivity (Wildman–Crippen MR) is 21.1 cm³/mol. The molecule has 0 aromatic rings. The molecule has 0 aromatic heterocycles. The fourth-order valence-electron chi connectivity index (χ4n) is 0. The summed E-state index contributed by atoms with van der Waals surface area (Å²) in [6.45, 7) is 0. The van der Waals surface area contributed by atoms with Gasteiger partial charge in [-0.2, -0.15) is 0 Å². The second-order valence-electron chi connectivity index (χ2n) is 0.408. The zero-order chi connectivity index (χ0) is 4.50. The fourth-order valence-corrected chi connectivity index (χ4v) is 0. The normalized spacial score (nSPS) is 4.46. The second kappa shape index (κ2) is 38.2. The van der Waals surface area contributed by atoms with Crippen molar-refractivity contribution in [2.45, 2.75) is 0 Å². The Balaban J connectivity index is -0.00000000286. The van der Waals surface area contributed by atoms with Gasteiger partial charge < -0.3 is 34.2 Å². The van der Waals surface area contributed by atoms with Gasteiger partial charge >= 0.3 is 65.2 Å². The fraction of sp³-hybridized carbons (Fsp3) is 0. The summed E-state index contributed by atoms with van der Waals surface area (Å²) in [6.07, 6.45) is 0. The van der Waals surface area contributed by atoms with Crippen LogP contribution in [-0.2, 0) is 57.7 Å². The van der Waals surface area contributed by atoms with Crippen molar-refractivity contribution in [2.24, 2.45) is 0 Å². The summed E-state index contributed by atoms with van der Waals surface area (Å²) in [5.41, 5.74) is 0. The third-order valence-corrected chi connectivity index (χ3v) is 0. The van der Waals surface area contributed by atoms with Crippen molar-refractivity contribution in [1.82, 2.24) is 12.3 Å². The van der Waals surface area contributed by atoms with Gasteiger partial charge in [0.1, 0.15) is 0 Å². The average Bonchev–Trinajstić information content (AvgIpc) is 0.722. The van der Waals surface area contributed by atoms with E-state index in [1.54, 1.807) is 0 Å². The van der Waals surface area contributed by atoms with Crippen molar-refractivity contribution >= 4 is 0 Å². The van der Waals surface area contributed by atoms with Crippen molar-refractivity contribution in [3.8, 4) is 0 Å². The van der Waals surface area contributed by atoms with Gasteiger partial charge in [-0.1, -0.05) is 0 Å². The molecule has 0 saturated heterocycles. The van der Waals surface area contributed by atoms with Crippen LogP contribution in [-0.4, -0.2) is 21.9 Å². The van der Waals surface area contributed by atoms with E-state index in [-0.39, 0.29) is 68.3 Å². The first-order valence-corrected chi connectivity index (χ1v) is 3.94. The molecule has 0 unspecified atom stereocenters. The monoisotopic (exact) mass is 378 g/mol. The van der Waals surface area contributed by atoms with Crippen LogP contribution in [0.5, 0.6) is 0 Å². The second-order valence-corrected chi connectivity index (χ2v) is 2.42. The van der Waals surface area contributed by atoms with E-state index in [1.165, 1.54) is 0 Å². The van der Waals surface area contributed by atoms with Crippen molar-refractivity contribution in [1.29, 1.82) is 0 Å². The van der Waals surface area contributed by atoms with Gasteiger partial charge in [0.2, 0.25) is 0 Å². The van der Waals surface area contributed by atoms with Gasteiger partial charge in [-0.3, -0.25) is 0 Å². The molecule has 0 atom stereocenters. The molecular formula is H12Fe2MoN2O8. The maximum atomic E-state index is 8.63. The van der Waals surface area contributed by atoms with Crippen molar-refractivity contribution in [3.63, 3.8) is 0 Å². The summed E-state index contributed by atoms with van der Waals surface area (Å²) in [7, 11) is 0. The molecule has 0 saturated carbocycles. The van der Waals surface area contributed by atoms with Crippen LogP contribution in [0.1, 0.15) is 0 Å². The van der Waals surface area contributed by atoms with Gasteiger partial charge in [-0.15, -0.1) is 0 Å². The van der Waals surface area contributed by atoms with E-state index in [9.17, 15) is 0 Å². The molecule has 0 aliphatic carbocycles. The molecule has 0 aliphatic rings. The first-order chi connectivity index (χ1) is 2.00. The molecule has 13 heavy (non-hydrogen) atoms. The Labute approximate surface area is 99.2 Å². The van der Waals surface area contributed by atoms with Gasteiger partial charge in [0, 0.05) is 0 Å². The molecule has 0 aromatic carbocycles. The zero-order valence-electron chi connectivity index (χ0n) is 6.54. The molecule has 0 spiro atoms. The van der Waals surface area contributed by atoms with E-state index in [1.807, 2.05) is 0 Å². The Kier molecular flexibility index (Phi) is 278. The summed E-state index contributed by atoms with van der Waals surface area (Å²) >= 11 is -6.02. The van der Waals surface area contributed by atoms with Crippen LogP contribution in [0.15, 0.2) is 0 Å². The van der Waals surface area contributed by atoms with E-state index in [2.05, 4.69) is 0 Å². The Hall–Kier alpha value is 1.01. The Morgan fingerprint density at radius 1 is 0.692 bits per heavy atom. The van der Waals surface area contributed by atoms with Crippen LogP contribution in [0.2, 0.25) is 0 Å². The van der Waals surface area contributed by atoms with Gasteiger partial charge in [0.15, 0.2) is 0 Å². The molecule has 0 rings (SSSR count). The van der Waals surface area contributed by atoms with Gasteiger partial charge in [0.05, 0.1) is 0 Å². The third-order valence-electron chi connectivity index (χ3n) is 0. The van der Waals surface area contributed by atoms with Crippen LogP contribution in [0.25, 0.3) is 0 Å². The van der Waals surface area contributed by atoms with Gasteiger partial charge in [-0.25, -0.2) is 0 Å². The maximum absolute atomic E-state index is 8.63. The Morgan fingerprint density at radius 3 is 0.692 bits per heavy atom. The van der Waals surface area contributed by atoms with Crippen LogP contribution >= 0.6 is 0 Å². The number of hydrogen-bond acceptors (Lipinski definition) is 8. The Bertz CT molecular complexity index is 103. The van der Waals surface area contributed by atoms with Crippen LogP contribution in [0.3, 0.4) is 0 Å². The van der Waals surface area contributed by atoms with E-state index in [0.29, 0.717) is 0 Å². The van der Waals surface area contributed by atoms with Crippen LogP contribution < -0.4 is 19.8 Å². The van der Waals surface area contributed by atoms with Crippen molar-refractivity contribution in [3.05, 3.63) is 0 Å². The number of rotatable bonds is 0. The van der Waals surface area contributed by atoms with Crippen molar-refractivity contribution < 1.29 is 87.1 Å². The Morgan fingerprint density at radius 2 is 0.692 bits per heavy atom. The first-order valence-electron chi connectivity index (χ1n) is 0.667. The minimum atomic E-state index is -6.02. The summed E-state index contributed by atoms with van der Waals surface area (Å²) in [6, 6.07) is 0. The SMILES string of the molecule is [Fe+2].[Fe+2].[NH4+].[NH4+].[OH-].[OH-].[OH-].[OH-].[O]=[Mo](=[O])([O-])[O-]. The zero-order valence-corrected chi connectivity index (χ0v) is 10.8. The topological polar surface area (TPSA) is 273 Å². The minimum absolute atomic E-state index is 0. The van der Waals surface area contributed by atoms with E-state index >= 15 is 0 Å². The number of hydrogen-bond donors (Lipinski definition) is 2. The molecule has 0 bridgehead atoms. The quantitative estimate of drug-likeness (QED) is 0.422. The average molecular weight is 376 g/mol. The molecular weight excluding hydrogens is 364 g/mol. The molecule has 0 fully saturated rings. The van der Waals surface area contributed by atoms with E-state index < -0.39 is 16.7 Å². The predicted octanol–water partition coefficient (Wildman–Crippen LogP) is -2.58. The first kappa shape index (κ1) is 94.5. The summed E-state index contributed by atoms with van der Waals surface area (Å²) in [5.74, 6) is 0. The standard InChI is InChI=1S/2Fe.Mo.2H3N.4H2O.4O/h;;;2*1H3;4*1H2;;;;/q2*+2;;;;;;;;;;2*-1/p-2. The molecule has 0 aliphatic heterocycles. The van der Waals surface area contributed by atoms with Gasteiger partial charge in [0.25, 0.3) is 0 Å². The summed E-state index contributed by atoms with van der Waals surface area (Å²) < 4.78 is 34.5. The molecule has 12 N–H and O–H groups in total. The van der Waals surface area contributed by atoms with Crippen LogP contribution in [0, 0.1) is 0 Å². The molecule has 10 nitrogen and oxygen atoms in total. The van der Waals surface area contributed by atoms with Crippen molar-refractivity contribution in [2.75, 3.05) is 0 Å². The molecule has 92 valence electrons. The number of quaternary nitrogens is 2. The summed E-state index contributed by atoms with van der Waals surface area (Å²) in [4.78, 5) is 0. The molecule has 0 amide bonds. The molecule has 0 heterocycles. The summed E-state index contributed by atoms with van der Waals surface area (Å²) in [5, 5.41) is 0. The third kappa shape index (κ3) is 1550.